The molecular weight excluding hydrogens is 296 g/mol. The molecule has 2 atom stereocenters. The normalized spacial score (nSPS) is 21.0. The summed E-state index contributed by atoms with van der Waals surface area (Å²) in [5.41, 5.74) is 6.39. The Morgan fingerprint density at radius 1 is 1.22 bits per heavy atom. The van der Waals surface area contributed by atoms with E-state index in [1.807, 2.05) is 4.90 Å². The Bertz CT molecular complexity index is 537. The molecule has 2 rings (SSSR count). The Balaban J connectivity index is 2.35. The van der Waals surface area contributed by atoms with E-state index in [0.717, 1.165) is 19.4 Å². The van der Waals surface area contributed by atoms with Crippen LogP contribution in [0.4, 0.5) is 0 Å². The number of benzene rings is 1. The molecule has 1 aromatic carbocycles. The zero-order valence-electron chi connectivity index (χ0n) is 14.3. The van der Waals surface area contributed by atoms with Crippen molar-refractivity contribution in [3.8, 4) is 17.2 Å². The van der Waals surface area contributed by atoms with Crippen LogP contribution in [0.5, 0.6) is 17.2 Å². The molecule has 0 radical (unpaired) electrons. The first-order chi connectivity index (χ1) is 11.0. The summed E-state index contributed by atoms with van der Waals surface area (Å²) >= 11 is 0. The van der Waals surface area contributed by atoms with Crippen LogP contribution in [0.15, 0.2) is 12.1 Å². The third-order valence-electron chi connectivity index (χ3n) is 4.42. The zero-order chi connectivity index (χ0) is 17.0. The first kappa shape index (κ1) is 17.4. The molecule has 1 saturated heterocycles. The Hall–Kier alpha value is -1.95. The lowest BCUT2D eigenvalue weighted by Crippen LogP contribution is -2.49. The summed E-state index contributed by atoms with van der Waals surface area (Å²) in [6, 6.07) is 3.45. The Labute approximate surface area is 137 Å². The van der Waals surface area contributed by atoms with Gasteiger partial charge in [-0.2, -0.15) is 0 Å². The van der Waals surface area contributed by atoms with E-state index in [1.54, 1.807) is 19.2 Å². The van der Waals surface area contributed by atoms with Crippen LogP contribution in [-0.2, 0) is 0 Å². The molecule has 0 aliphatic carbocycles. The first-order valence-corrected chi connectivity index (χ1v) is 7.86. The second-order valence-corrected chi connectivity index (χ2v) is 5.93. The molecule has 0 bridgehead atoms. The molecule has 128 valence electrons. The lowest BCUT2D eigenvalue weighted by atomic mass is 9.92. The number of piperidine rings is 1. The fourth-order valence-electron chi connectivity index (χ4n) is 3.11. The van der Waals surface area contributed by atoms with Crippen LogP contribution in [0, 0.1) is 5.92 Å². The number of carbonyl (C=O) groups excluding carboxylic acids is 1. The molecule has 2 N–H and O–H groups in total. The van der Waals surface area contributed by atoms with Crippen LogP contribution in [0.25, 0.3) is 0 Å². The highest BCUT2D eigenvalue weighted by Gasteiger charge is 2.30. The minimum absolute atomic E-state index is 0.0494. The van der Waals surface area contributed by atoms with Gasteiger partial charge in [0.25, 0.3) is 5.91 Å². The summed E-state index contributed by atoms with van der Waals surface area (Å²) in [5, 5.41) is 0. The van der Waals surface area contributed by atoms with Crippen molar-refractivity contribution in [1.29, 1.82) is 0 Å². The summed E-state index contributed by atoms with van der Waals surface area (Å²) in [6.07, 6.45) is 1.93. The fourth-order valence-corrected chi connectivity index (χ4v) is 3.11. The van der Waals surface area contributed by atoms with Gasteiger partial charge in [0.15, 0.2) is 11.5 Å². The molecule has 1 aliphatic rings. The minimum atomic E-state index is -0.0494. The second-order valence-electron chi connectivity index (χ2n) is 5.93. The van der Waals surface area contributed by atoms with Crippen molar-refractivity contribution < 1.29 is 19.0 Å². The van der Waals surface area contributed by atoms with E-state index in [0.29, 0.717) is 35.3 Å². The van der Waals surface area contributed by atoms with E-state index in [1.165, 1.54) is 14.2 Å². The summed E-state index contributed by atoms with van der Waals surface area (Å²) < 4.78 is 16.0. The Kier molecular flexibility index (Phi) is 5.71. The topological polar surface area (TPSA) is 74.0 Å². The fraction of sp³-hybridized carbons (Fsp3) is 0.588. The lowest BCUT2D eigenvalue weighted by Gasteiger charge is -2.38. The maximum atomic E-state index is 12.9. The number of rotatable bonds is 5. The lowest BCUT2D eigenvalue weighted by molar-refractivity contribution is 0.0573. The first-order valence-electron chi connectivity index (χ1n) is 7.86. The van der Waals surface area contributed by atoms with Crippen molar-refractivity contribution in [1.82, 2.24) is 4.90 Å². The van der Waals surface area contributed by atoms with E-state index >= 15 is 0 Å². The Morgan fingerprint density at radius 3 is 2.30 bits per heavy atom. The molecule has 23 heavy (non-hydrogen) atoms. The van der Waals surface area contributed by atoms with Crippen molar-refractivity contribution in [3.63, 3.8) is 0 Å². The van der Waals surface area contributed by atoms with Gasteiger partial charge in [-0.25, -0.2) is 0 Å². The molecule has 1 heterocycles. The standard InChI is InChI=1S/C17H26N2O4/c1-11-5-6-19(13(7-11)10-18)17(20)12-8-14(21-2)16(23-4)15(9-12)22-3/h8-9,11,13H,5-7,10,18H2,1-4H3. The van der Waals surface area contributed by atoms with Crippen LogP contribution in [0.2, 0.25) is 0 Å². The molecule has 2 unspecified atom stereocenters. The molecule has 1 fully saturated rings. The van der Waals surface area contributed by atoms with Crippen molar-refractivity contribution in [3.05, 3.63) is 17.7 Å². The van der Waals surface area contributed by atoms with E-state index in [2.05, 4.69) is 6.92 Å². The predicted molar refractivity (Wildman–Crippen MR) is 88.4 cm³/mol. The number of amides is 1. The molecule has 1 aliphatic heterocycles. The van der Waals surface area contributed by atoms with Gasteiger partial charge in [-0.1, -0.05) is 6.92 Å². The number of hydrogen-bond acceptors (Lipinski definition) is 5. The largest absolute Gasteiger partial charge is 0.493 e. The predicted octanol–water partition coefficient (Wildman–Crippen LogP) is 1.91. The van der Waals surface area contributed by atoms with Gasteiger partial charge in [0.2, 0.25) is 5.75 Å². The third kappa shape index (κ3) is 3.52. The van der Waals surface area contributed by atoms with Gasteiger partial charge in [-0.3, -0.25) is 4.79 Å². The average Bonchev–Trinajstić information content (AvgIpc) is 2.59. The van der Waals surface area contributed by atoms with Crippen LogP contribution in [0.3, 0.4) is 0 Å². The molecular formula is C17H26N2O4. The van der Waals surface area contributed by atoms with E-state index in [4.69, 9.17) is 19.9 Å². The average molecular weight is 322 g/mol. The number of nitrogens with two attached hydrogens (primary N) is 1. The van der Waals surface area contributed by atoms with Crippen LogP contribution in [0.1, 0.15) is 30.1 Å². The van der Waals surface area contributed by atoms with E-state index in [9.17, 15) is 4.79 Å². The van der Waals surface area contributed by atoms with Gasteiger partial charge in [0, 0.05) is 24.7 Å². The second kappa shape index (κ2) is 7.55. The van der Waals surface area contributed by atoms with E-state index in [-0.39, 0.29) is 11.9 Å². The maximum Gasteiger partial charge on any atom is 0.254 e. The summed E-state index contributed by atoms with van der Waals surface area (Å²) in [7, 11) is 4.62. The van der Waals surface area contributed by atoms with Gasteiger partial charge in [0.05, 0.1) is 21.3 Å². The van der Waals surface area contributed by atoms with Crippen LogP contribution < -0.4 is 19.9 Å². The van der Waals surface area contributed by atoms with Crippen molar-refractivity contribution >= 4 is 5.91 Å². The van der Waals surface area contributed by atoms with Crippen molar-refractivity contribution in [2.75, 3.05) is 34.4 Å². The monoisotopic (exact) mass is 322 g/mol. The van der Waals surface area contributed by atoms with Gasteiger partial charge in [-0.15, -0.1) is 0 Å². The SMILES string of the molecule is COc1cc(C(=O)N2CCC(C)CC2CN)cc(OC)c1OC. The minimum Gasteiger partial charge on any atom is -0.493 e. The number of likely N-dealkylation sites (tertiary alicyclic amines) is 1. The smallest absolute Gasteiger partial charge is 0.254 e. The van der Waals surface area contributed by atoms with Gasteiger partial charge < -0.3 is 24.8 Å². The summed E-state index contributed by atoms with van der Waals surface area (Å²) in [6.45, 7) is 3.39. The number of methoxy groups -OCH3 is 3. The molecule has 0 aromatic heterocycles. The van der Waals surface area contributed by atoms with Crippen molar-refractivity contribution in [2.45, 2.75) is 25.8 Å². The van der Waals surface area contributed by atoms with Gasteiger partial charge in [-0.05, 0) is 30.9 Å². The highest BCUT2D eigenvalue weighted by atomic mass is 16.5. The molecule has 0 saturated carbocycles. The van der Waals surface area contributed by atoms with Crippen LogP contribution in [-0.4, -0.2) is 51.3 Å². The van der Waals surface area contributed by atoms with Gasteiger partial charge >= 0.3 is 0 Å². The Morgan fingerprint density at radius 2 is 1.83 bits per heavy atom. The number of carbonyl (C=O) groups is 1. The number of hydrogen-bond donors (Lipinski definition) is 1. The quantitative estimate of drug-likeness (QED) is 0.896. The number of ether oxygens (including phenoxy) is 3. The number of nitrogens with zero attached hydrogens (tertiary/aromatic N) is 1. The molecule has 0 spiro atoms. The summed E-state index contributed by atoms with van der Waals surface area (Å²) in [5.74, 6) is 1.98. The third-order valence-corrected chi connectivity index (χ3v) is 4.42. The summed E-state index contributed by atoms with van der Waals surface area (Å²) in [4.78, 5) is 14.8. The van der Waals surface area contributed by atoms with Crippen LogP contribution >= 0.6 is 0 Å². The molecule has 6 nitrogen and oxygen atoms in total. The molecule has 6 heteroatoms. The molecule has 1 aromatic rings. The highest BCUT2D eigenvalue weighted by molar-refractivity contribution is 5.96. The zero-order valence-corrected chi connectivity index (χ0v) is 14.3. The van der Waals surface area contributed by atoms with Gasteiger partial charge in [0.1, 0.15) is 0 Å². The maximum absolute atomic E-state index is 12.9. The van der Waals surface area contributed by atoms with Crippen molar-refractivity contribution in [2.24, 2.45) is 11.7 Å². The highest BCUT2D eigenvalue weighted by Crippen LogP contribution is 2.38. The molecule has 1 amide bonds. The van der Waals surface area contributed by atoms with E-state index < -0.39 is 0 Å².